The topological polar surface area (TPSA) is 66.4 Å². The number of carbonyl (C=O) groups is 2. The molecule has 0 saturated carbocycles. The first-order chi connectivity index (χ1) is 5.99. The molecule has 13 heavy (non-hydrogen) atoms. The maximum Gasteiger partial charge on any atom is 0.319 e. The van der Waals surface area contributed by atoms with Crippen LogP contribution in [0.4, 0.5) is 0 Å². The molecule has 1 unspecified atom stereocenters. The summed E-state index contributed by atoms with van der Waals surface area (Å²) in [7, 11) is 1.43. The Labute approximate surface area is 77.6 Å². The lowest BCUT2D eigenvalue weighted by atomic mass is 9.86. The van der Waals surface area contributed by atoms with Crippen LogP contribution < -0.4 is 5.32 Å². The summed E-state index contributed by atoms with van der Waals surface area (Å²) in [5, 5.41) is 11.2. The quantitative estimate of drug-likeness (QED) is 0.502. The highest BCUT2D eigenvalue weighted by Crippen LogP contribution is 2.22. The Morgan fingerprint density at radius 3 is 2.38 bits per heavy atom. The van der Waals surface area contributed by atoms with Crippen LogP contribution in [0, 0.1) is 5.41 Å². The number of nitrogens with one attached hydrogen (secondary N) is 1. The van der Waals surface area contributed by atoms with Gasteiger partial charge in [0, 0.05) is 7.05 Å². The zero-order valence-electron chi connectivity index (χ0n) is 8.13. The van der Waals surface area contributed by atoms with Crippen molar-refractivity contribution in [1.29, 1.82) is 0 Å². The molecule has 1 atom stereocenters. The van der Waals surface area contributed by atoms with Crippen molar-refractivity contribution in [2.75, 3.05) is 7.05 Å². The third-order valence-corrected chi connectivity index (χ3v) is 1.96. The van der Waals surface area contributed by atoms with Crippen LogP contribution in [-0.4, -0.2) is 24.0 Å². The van der Waals surface area contributed by atoms with Gasteiger partial charge in [0.2, 0.25) is 5.91 Å². The van der Waals surface area contributed by atoms with Crippen LogP contribution in [0.2, 0.25) is 0 Å². The van der Waals surface area contributed by atoms with E-state index in [1.807, 2.05) is 0 Å². The lowest BCUT2D eigenvalue weighted by Crippen LogP contribution is -2.42. The molecule has 1 amide bonds. The molecule has 0 aliphatic carbocycles. The molecule has 0 aromatic heterocycles. The number of amides is 1. The standard InChI is InChI=1S/C9H15NO3/c1-4-5-6-9(2,8(12)13)7(11)10-3/h4-5H,6H2,1-3H3,(H,10,11)(H,12,13)/b5-4+. The molecule has 0 aromatic rings. The molecule has 0 aliphatic rings. The highest BCUT2D eigenvalue weighted by Gasteiger charge is 2.39. The van der Waals surface area contributed by atoms with Crippen molar-refractivity contribution in [2.24, 2.45) is 5.41 Å². The van der Waals surface area contributed by atoms with E-state index in [9.17, 15) is 9.59 Å². The Balaban J connectivity index is 4.72. The van der Waals surface area contributed by atoms with E-state index >= 15 is 0 Å². The smallest absolute Gasteiger partial charge is 0.319 e. The molecular weight excluding hydrogens is 170 g/mol. The van der Waals surface area contributed by atoms with E-state index in [1.165, 1.54) is 14.0 Å². The largest absolute Gasteiger partial charge is 0.480 e. The molecular formula is C9H15NO3. The normalized spacial score (nSPS) is 15.3. The molecule has 0 bridgehead atoms. The first kappa shape index (κ1) is 11.7. The maximum atomic E-state index is 11.3. The first-order valence-electron chi connectivity index (χ1n) is 4.05. The summed E-state index contributed by atoms with van der Waals surface area (Å²) in [4.78, 5) is 22.1. The maximum absolute atomic E-state index is 11.3. The average Bonchev–Trinajstić information content (AvgIpc) is 2.12. The number of rotatable bonds is 4. The van der Waals surface area contributed by atoms with Crippen molar-refractivity contribution in [3.8, 4) is 0 Å². The number of allylic oxidation sites excluding steroid dienone is 2. The molecule has 0 aromatic carbocycles. The molecule has 4 heteroatoms. The molecule has 74 valence electrons. The van der Waals surface area contributed by atoms with Gasteiger partial charge in [-0.25, -0.2) is 0 Å². The van der Waals surface area contributed by atoms with Crippen molar-refractivity contribution in [2.45, 2.75) is 20.3 Å². The summed E-state index contributed by atoms with van der Waals surface area (Å²) in [5.41, 5.74) is -1.36. The van der Waals surface area contributed by atoms with Gasteiger partial charge in [-0.1, -0.05) is 12.2 Å². The Morgan fingerprint density at radius 1 is 1.54 bits per heavy atom. The van der Waals surface area contributed by atoms with Crippen molar-refractivity contribution in [3.05, 3.63) is 12.2 Å². The van der Waals surface area contributed by atoms with Crippen molar-refractivity contribution < 1.29 is 14.7 Å². The van der Waals surface area contributed by atoms with Crippen LogP contribution in [0.25, 0.3) is 0 Å². The zero-order chi connectivity index (χ0) is 10.5. The summed E-state index contributed by atoms with van der Waals surface area (Å²) < 4.78 is 0. The molecule has 4 nitrogen and oxygen atoms in total. The van der Waals surface area contributed by atoms with Gasteiger partial charge in [-0.05, 0) is 20.3 Å². The van der Waals surface area contributed by atoms with Gasteiger partial charge >= 0.3 is 5.97 Å². The Morgan fingerprint density at radius 2 is 2.08 bits per heavy atom. The van der Waals surface area contributed by atoms with Crippen LogP contribution in [0.15, 0.2) is 12.2 Å². The molecule has 0 aliphatic heterocycles. The van der Waals surface area contributed by atoms with E-state index in [0.717, 1.165) is 0 Å². The minimum atomic E-state index is -1.36. The Hall–Kier alpha value is -1.32. The second-order valence-corrected chi connectivity index (χ2v) is 2.99. The third kappa shape index (κ3) is 2.57. The zero-order valence-corrected chi connectivity index (χ0v) is 8.13. The van der Waals surface area contributed by atoms with Crippen LogP contribution in [0.3, 0.4) is 0 Å². The minimum Gasteiger partial charge on any atom is -0.480 e. The summed E-state index contributed by atoms with van der Waals surface area (Å²) >= 11 is 0. The number of hydrogen-bond donors (Lipinski definition) is 2. The van der Waals surface area contributed by atoms with Gasteiger partial charge in [-0.15, -0.1) is 0 Å². The van der Waals surface area contributed by atoms with Gasteiger partial charge < -0.3 is 10.4 Å². The van der Waals surface area contributed by atoms with Gasteiger partial charge in [0.1, 0.15) is 5.41 Å². The second-order valence-electron chi connectivity index (χ2n) is 2.99. The minimum absolute atomic E-state index is 0.207. The van der Waals surface area contributed by atoms with Crippen LogP contribution in [-0.2, 0) is 9.59 Å². The van der Waals surface area contributed by atoms with E-state index < -0.39 is 17.3 Å². The summed E-state index contributed by atoms with van der Waals surface area (Å²) in [6.07, 6.45) is 3.60. The lowest BCUT2D eigenvalue weighted by molar-refractivity contribution is -0.154. The van der Waals surface area contributed by atoms with Crippen molar-refractivity contribution in [1.82, 2.24) is 5.32 Å². The van der Waals surface area contributed by atoms with Gasteiger partial charge in [0.25, 0.3) is 0 Å². The molecule has 0 fully saturated rings. The fourth-order valence-electron chi connectivity index (χ4n) is 0.907. The number of carboxylic acids is 1. The van der Waals surface area contributed by atoms with Crippen LogP contribution >= 0.6 is 0 Å². The van der Waals surface area contributed by atoms with E-state index in [2.05, 4.69) is 5.32 Å². The van der Waals surface area contributed by atoms with E-state index in [4.69, 9.17) is 5.11 Å². The number of hydrogen-bond acceptors (Lipinski definition) is 2. The summed E-state index contributed by atoms with van der Waals surface area (Å²) in [6, 6.07) is 0. The SMILES string of the molecule is C/C=C/CC(C)(C(=O)O)C(=O)NC. The molecule has 0 radical (unpaired) electrons. The number of aliphatic carboxylic acids is 1. The highest BCUT2D eigenvalue weighted by atomic mass is 16.4. The molecule has 2 N–H and O–H groups in total. The number of carboxylic acid groups (broad SMARTS) is 1. The monoisotopic (exact) mass is 185 g/mol. The Kier molecular flexibility index (Phi) is 4.17. The van der Waals surface area contributed by atoms with E-state index in [1.54, 1.807) is 19.1 Å². The third-order valence-electron chi connectivity index (χ3n) is 1.96. The fraction of sp³-hybridized carbons (Fsp3) is 0.556. The fourth-order valence-corrected chi connectivity index (χ4v) is 0.907. The van der Waals surface area contributed by atoms with Crippen LogP contribution in [0.1, 0.15) is 20.3 Å². The van der Waals surface area contributed by atoms with Gasteiger partial charge in [0.05, 0.1) is 0 Å². The summed E-state index contributed by atoms with van der Waals surface area (Å²) in [6.45, 7) is 3.19. The first-order valence-corrected chi connectivity index (χ1v) is 4.05. The van der Waals surface area contributed by atoms with Gasteiger partial charge in [-0.3, -0.25) is 9.59 Å². The molecule has 0 saturated heterocycles. The lowest BCUT2D eigenvalue weighted by Gasteiger charge is -2.20. The van der Waals surface area contributed by atoms with Gasteiger partial charge in [-0.2, -0.15) is 0 Å². The van der Waals surface area contributed by atoms with E-state index in [0.29, 0.717) is 0 Å². The predicted molar refractivity (Wildman–Crippen MR) is 49.2 cm³/mol. The van der Waals surface area contributed by atoms with Crippen molar-refractivity contribution >= 4 is 11.9 Å². The molecule has 0 rings (SSSR count). The highest BCUT2D eigenvalue weighted by molar-refractivity contribution is 6.01. The average molecular weight is 185 g/mol. The number of carbonyl (C=O) groups excluding carboxylic acids is 1. The molecule has 0 spiro atoms. The van der Waals surface area contributed by atoms with Crippen molar-refractivity contribution in [3.63, 3.8) is 0 Å². The van der Waals surface area contributed by atoms with Gasteiger partial charge in [0.15, 0.2) is 0 Å². The van der Waals surface area contributed by atoms with Crippen LogP contribution in [0.5, 0.6) is 0 Å². The second kappa shape index (κ2) is 4.64. The van der Waals surface area contributed by atoms with E-state index in [-0.39, 0.29) is 6.42 Å². The Bertz CT molecular complexity index is 235. The molecule has 0 heterocycles. The summed E-state index contributed by atoms with van der Waals surface area (Å²) in [5.74, 6) is -1.58. The predicted octanol–water partition coefficient (Wildman–Crippen LogP) is 0.790.